The molecule has 1 aliphatic rings. The molecular formula is C7H10BrNS. The average Bonchev–Trinajstić information content (AvgIpc) is 2.17. The zero-order chi connectivity index (χ0) is 6.69. The molecule has 1 nitrogen and oxygen atoms in total. The van der Waals surface area contributed by atoms with Crippen LogP contribution in [-0.2, 0) is 0 Å². The third-order valence-electron chi connectivity index (χ3n) is 1.23. The molecule has 0 spiro atoms. The van der Waals surface area contributed by atoms with Crippen LogP contribution in [0.3, 0.4) is 0 Å². The Kier molecular flexibility index (Phi) is 4.84. The lowest BCUT2D eigenvalue weighted by molar-refractivity contribution is -0.504. The van der Waals surface area contributed by atoms with Crippen molar-refractivity contribution in [2.24, 2.45) is 0 Å². The predicted octanol–water partition coefficient (Wildman–Crippen LogP) is -2.20. The van der Waals surface area contributed by atoms with E-state index in [0.29, 0.717) is 0 Å². The lowest BCUT2D eigenvalue weighted by Crippen LogP contribution is -3.00. The van der Waals surface area contributed by atoms with Crippen molar-refractivity contribution in [1.29, 1.82) is 0 Å². The average molecular weight is 220 g/mol. The lowest BCUT2D eigenvalue weighted by atomic mass is 10.4. The maximum Gasteiger partial charge on any atom is 0.203 e. The molecule has 56 valence electrons. The highest BCUT2D eigenvalue weighted by atomic mass is 79.9. The molecule has 0 aromatic carbocycles. The molecule has 1 heterocycles. The third kappa shape index (κ3) is 2.76. The Bertz CT molecular complexity index is 171. The second kappa shape index (κ2) is 4.81. The molecule has 0 fully saturated rings. The van der Waals surface area contributed by atoms with Crippen molar-refractivity contribution in [3.63, 3.8) is 0 Å². The summed E-state index contributed by atoms with van der Waals surface area (Å²) in [6.07, 6.45) is 5.13. The SMILES string of the molecule is C#CC[N+]1=CSC(C)C1.[Br-]. The van der Waals surface area contributed by atoms with E-state index in [9.17, 15) is 0 Å². The Morgan fingerprint density at radius 2 is 2.60 bits per heavy atom. The van der Waals surface area contributed by atoms with E-state index in [1.54, 1.807) is 0 Å². The van der Waals surface area contributed by atoms with Gasteiger partial charge < -0.3 is 17.0 Å². The summed E-state index contributed by atoms with van der Waals surface area (Å²) in [5, 5.41) is 0.721. The van der Waals surface area contributed by atoms with E-state index in [1.807, 2.05) is 11.8 Å². The van der Waals surface area contributed by atoms with Gasteiger partial charge in [0.15, 0.2) is 12.1 Å². The number of hydrogen-bond donors (Lipinski definition) is 0. The highest BCUT2D eigenvalue weighted by Gasteiger charge is 2.17. The fourth-order valence-electron chi connectivity index (χ4n) is 0.825. The second-order valence-electron chi connectivity index (χ2n) is 2.19. The van der Waals surface area contributed by atoms with E-state index in [0.717, 1.165) is 18.3 Å². The van der Waals surface area contributed by atoms with Gasteiger partial charge in [-0.05, 0) is 12.8 Å². The first-order valence-corrected chi connectivity index (χ1v) is 3.93. The quantitative estimate of drug-likeness (QED) is 0.358. The monoisotopic (exact) mass is 219 g/mol. The van der Waals surface area contributed by atoms with Crippen molar-refractivity contribution >= 4 is 17.3 Å². The number of thioether (sulfide) groups is 1. The van der Waals surface area contributed by atoms with E-state index in [4.69, 9.17) is 6.42 Å². The highest BCUT2D eigenvalue weighted by Crippen LogP contribution is 2.12. The topological polar surface area (TPSA) is 3.01 Å². The minimum Gasteiger partial charge on any atom is -1.00 e. The molecule has 0 radical (unpaired) electrons. The number of hydrogen-bond acceptors (Lipinski definition) is 1. The smallest absolute Gasteiger partial charge is 0.203 e. The highest BCUT2D eigenvalue weighted by molar-refractivity contribution is 8.12. The van der Waals surface area contributed by atoms with Crippen molar-refractivity contribution in [3.05, 3.63) is 0 Å². The maximum atomic E-state index is 5.13. The van der Waals surface area contributed by atoms with Gasteiger partial charge in [-0.1, -0.05) is 11.8 Å². The Balaban J connectivity index is 0.000000810. The van der Waals surface area contributed by atoms with Crippen LogP contribution in [0.4, 0.5) is 0 Å². The third-order valence-corrected chi connectivity index (χ3v) is 2.26. The van der Waals surface area contributed by atoms with Crippen LogP contribution in [0, 0.1) is 12.3 Å². The van der Waals surface area contributed by atoms with Crippen LogP contribution in [0.2, 0.25) is 0 Å². The molecular weight excluding hydrogens is 210 g/mol. The summed E-state index contributed by atoms with van der Waals surface area (Å²) in [4.78, 5) is 0. The van der Waals surface area contributed by atoms with Gasteiger partial charge in [0.2, 0.25) is 6.54 Å². The van der Waals surface area contributed by atoms with Gasteiger partial charge in [0.05, 0.1) is 5.25 Å². The summed E-state index contributed by atoms with van der Waals surface area (Å²) in [7, 11) is 0. The second-order valence-corrected chi connectivity index (χ2v) is 3.47. The van der Waals surface area contributed by atoms with Gasteiger partial charge in [0.25, 0.3) is 0 Å². The molecule has 0 saturated carbocycles. The number of halogens is 1. The maximum absolute atomic E-state index is 5.13. The molecule has 1 rings (SSSR count). The first kappa shape index (κ1) is 10.1. The Hall–Kier alpha value is 0.0600. The molecule has 0 aromatic heterocycles. The van der Waals surface area contributed by atoms with Gasteiger partial charge in [-0.3, -0.25) is 0 Å². The summed E-state index contributed by atoms with van der Waals surface area (Å²) in [6, 6.07) is 0. The molecule has 0 aromatic rings. The Morgan fingerprint density at radius 1 is 1.90 bits per heavy atom. The number of terminal acetylenes is 1. The zero-order valence-corrected chi connectivity index (χ0v) is 8.28. The largest absolute Gasteiger partial charge is 1.00 e. The van der Waals surface area contributed by atoms with Crippen LogP contribution in [0.25, 0.3) is 0 Å². The van der Waals surface area contributed by atoms with Gasteiger partial charge in [-0.15, -0.1) is 6.42 Å². The van der Waals surface area contributed by atoms with Crippen molar-refractivity contribution < 1.29 is 21.6 Å². The first-order chi connectivity index (χ1) is 4.33. The standard InChI is InChI=1S/C7H10NS.BrH/c1-3-4-8-5-7(2)9-6-8;/h1,6-7H,4-5H2,2H3;1H/q+1;/p-1. The predicted molar refractivity (Wildman–Crippen MR) is 41.9 cm³/mol. The lowest BCUT2D eigenvalue weighted by Gasteiger charge is -1.91. The van der Waals surface area contributed by atoms with Gasteiger partial charge >= 0.3 is 0 Å². The molecule has 0 amide bonds. The summed E-state index contributed by atoms with van der Waals surface area (Å²) in [6.45, 7) is 4.07. The van der Waals surface area contributed by atoms with Crippen molar-refractivity contribution in [2.45, 2.75) is 12.2 Å². The van der Waals surface area contributed by atoms with Crippen molar-refractivity contribution in [2.75, 3.05) is 13.1 Å². The van der Waals surface area contributed by atoms with Gasteiger partial charge in [-0.25, -0.2) is 4.58 Å². The fraction of sp³-hybridized carbons (Fsp3) is 0.571. The summed E-state index contributed by atoms with van der Waals surface area (Å²) in [5.74, 6) is 2.61. The summed E-state index contributed by atoms with van der Waals surface area (Å²) in [5.41, 5.74) is 2.12. The minimum atomic E-state index is 0. The van der Waals surface area contributed by atoms with Gasteiger partial charge in [-0.2, -0.15) is 0 Å². The molecule has 1 aliphatic heterocycles. The van der Waals surface area contributed by atoms with Crippen LogP contribution in [0.5, 0.6) is 0 Å². The summed E-state index contributed by atoms with van der Waals surface area (Å²) >= 11 is 1.85. The minimum absolute atomic E-state index is 0. The zero-order valence-electron chi connectivity index (χ0n) is 5.88. The molecule has 0 aliphatic carbocycles. The fourth-order valence-corrected chi connectivity index (χ4v) is 1.64. The van der Waals surface area contributed by atoms with Gasteiger partial charge in [0.1, 0.15) is 0 Å². The molecule has 1 unspecified atom stereocenters. The van der Waals surface area contributed by atoms with Crippen LogP contribution in [0.1, 0.15) is 6.92 Å². The van der Waals surface area contributed by atoms with E-state index in [2.05, 4.69) is 23.0 Å². The van der Waals surface area contributed by atoms with E-state index in [1.165, 1.54) is 0 Å². The summed E-state index contributed by atoms with van der Waals surface area (Å²) < 4.78 is 2.16. The van der Waals surface area contributed by atoms with Crippen LogP contribution < -0.4 is 17.0 Å². The van der Waals surface area contributed by atoms with Gasteiger partial charge in [0, 0.05) is 0 Å². The van der Waals surface area contributed by atoms with E-state index in [-0.39, 0.29) is 17.0 Å². The molecule has 3 heteroatoms. The normalized spacial score (nSPS) is 22.8. The number of rotatable bonds is 1. The van der Waals surface area contributed by atoms with Crippen LogP contribution in [0.15, 0.2) is 0 Å². The molecule has 1 atom stereocenters. The Morgan fingerprint density at radius 3 is 3.00 bits per heavy atom. The Labute approximate surface area is 76.7 Å². The van der Waals surface area contributed by atoms with E-state index < -0.39 is 0 Å². The van der Waals surface area contributed by atoms with Crippen molar-refractivity contribution in [3.8, 4) is 12.3 Å². The van der Waals surface area contributed by atoms with Crippen LogP contribution >= 0.6 is 11.8 Å². The van der Waals surface area contributed by atoms with Crippen molar-refractivity contribution in [1.82, 2.24) is 0 Å². The molecule has 0 N–H and O–H groups in total. The van der Waals surface area contributed by atoms with E-state index >= 15 is 0 Å². The molecule has 10 heavy (non-hydrogen) atoms. The number of nitrogens with zero attached hydrogens (tertiary/aromatic N) is 1. The van der Waals surface area contributed by atoms with Crippen LogP contribution in [-0.4, -0.2) is 28.5 Å². The first-order valence-electron chi connectivity index (χ1n) is 2.99. The molecule has 0 bridgehead atoms. The molecule has 0 saturated heterocycles.